The molecular formula is C18H22N2O2. The molecule has 0 atom stereocenters. The van der Waals surface area contributed by atoms with E-state index in [1.54, 1.807) is 0 Å². The van der Waals surface area contributed by atoms with E-state index in [1.807, 2.05) is 55.5 Å². The van der Waals surface area contributed by atoms with Crippen molar-refractivity contribution in [3.8, 4) is 5.75 Å². The maximum Gasteiger partial charge on any atom is 0.243 e. The average molecular weight is 298 g/mol. The van der Waals surface area contributed by atoms with Crippen molar-refractivity contribution in [3.63, 3.8) is 0 Å². The van der Waals surface area contributed by atoms with Gasteiger partial charge in [-0.1, -0.05) is 31.2 Å². The molecule has 22 heavy (non-hydrogen) atoms. The minimum absolute atomic E-state index is 0.0875. The van der Waals surface area contributed by atoms with Gasteiger partial charge in [0.1, 0.15) is 5.75 Å². The van der Waals surface area contributed by atoms with Crippen LogP contribution in [0.4, 0.5) is 11.4 Å². The number of benzene rings is 2. The lowest BCUT2D eigenvalue weighted by Crippen LogP contribution is -2.22. The lowest BCUT2D eigenvalue weighted by atomic mass is 10.1. The lowest BCUT2D eigenvalue weighted by Gasteiger charge is -2.12. The van der Waals surface area contributed by atoms with Gasteiger partial charge in [-0.05, 0) is 43.2 Å². The Morgan fingerprint density at radius 2 is 1.77 bits per heavy atom. The third kappa shape index (κ3) is 4.52. The summed E-state index contributed by atoms with van der Waals surface area (Å²) < 4.78 is 5.52. The molecular weight excluding hydrogens is 276 g/mol. The molecule has 4 heteroatoms. The van der Waals surface area contributed by atoms with Gasteiger partial charge in [0, 0.05) is 5.69 Å². The van der Waals surface area contributed by atoms with Gasteiger partial charge in [-0.15, -0.1) is 0 Å². The van der Waals surface area contributed by atoms with Gasteiger partial charge in [-0.2, -0.15) is 0 Å². The molecule has 0 aliphatic rings. The molecule has 0 aliphatic heterocycles. The summed E-state index contributed by atoms with van der Waals surface area (Å²) in [7, 11) is 0. The fraction of sp³-hybridized carbons (Fsp3) is 0.278. The largest absolute Gasteiger partial charge is 0.492 e. The first-order chi connectivity index (χ1) is 10.7. The summed E-state index contributed by atoms with van der Waals surface area (Å²) in [5.41, 5.74) is 2.88. The van der Waals surface area contributed by atoms with Crippen LogP contribution in [0.5, 0.6) is 5.75 Å². The van der Waals surface area contributed by atoms with Gasteiger partial charge < -0.3 is 15.4 Å². The Hall–Kier alpha value is -2.49. The summed E-state index contributed by atoms with van der Waals surface area (Å²) in [5, 5.41) is 5.98. The molecule has 0 bridgehead atoms. The van der Waals surface area contributed by atoms with Crippen LogP contribution in [0, 0.1) is 0 Å². The van der Waals surface area contributed by atoms with Gasteiger partial charge in [-0.3, -0.25) is 4.79 Å². The van der Waals surface area contributed by atoms with Crippen LogP contribution < -0.4 is 15.4 Å². The van der Waals surface area contributed by atoms with Crippen LogP contribution in [0.3, 0.4) is 0 Å². The van der Waals surface area contributed by atoms with Crippen molar-refractivity contribution in [2.45, 2.75) is 20.3 Å². The number of ether oxygens (including phenoxy) is 1. The monoisotopic (exact) mass is 298 g/mol. The first-order valence-corrected chi connectivity index (χ1v) is 7.57. The molecule has 0 unspecified atom stereocenters. The number of amides is 1. The predicted molar refractivity (Wildman–Crippen MR) is 90.6 cm³/mol. The van der Waals surface area contributed by atoms with Crippen molar-refractivity contribution < 1.29 is 9.53 Å². The molecule has 2 aromatic carbocycles. The first kappa shape index (κ1) is 15.9. The predicted octanol–water partition coefficient (Wildman–Crippen LogP) is 3.70. The summed E-state index contributed by atoms with van der Waals surface area (Å²) in [5.74, 6) is 0.667. The highest BCUT2D eigenvalue weighted by Gasteiger charge is 2.05. The quantitative estimate of drug-likeness (QED) is 0.819. The Labute approximate surface area is 131 Å². The van der Waals surface area contributed by atoms with Crippen molar-refractivity contribution >= 4 is 17.3 Å². The average Bonchev–Trinajstić information content (AvgIpc) is 2.55. The third-order valence-corrected chi connectivity index (χ3v) is 3.27. The van der Waals surface area contributed by atoms with Crippen LogP contribution in [-0.2, 0) is 11.2 Å². The van der Waals surface area contributed by atoms with Crippen molar-refractivity contribution in [2.75, 3.05) is 23.8 Å². The molecule has 0 saturated heterocycles. The van der Waals surface area contributed by atoms with E-state index >= 15 is 0 Å². The highest BCUT2D eigenvalue weighted by atomic mass is 16.5. The fourth-order valence-electron chi connectivity index (χ4n) is 2.10. The zero-order valence-electron chi connectivity index (χ0n) is 13.1. The second-order valence-electron chi connectivity index (χ2n) is 4.88. The molecule has 0 aromatic heterocycles. The van der Waals surface area contributed by atoms with Crippen LogP contribution in [0.1, 0.15) is 19.4 Å². The van der Waals surface area contributed by atoms with E-state index in [2.05, 4.69) is 17.6 Å². The summed E-state index contributed by atoms with van der Waals surface area (Å²) in [6.07, 6.45) is 0.990. The maximum absolute atomic E-state index is 12.0. The first-order valence-electron chi connectivity index (χ1n) is 7.57. The van der Waals surface area contributed by atoms with Crippen molar-refractivity contribution in [3.05, 3.63) is 54.1 Å². The Morgan fingerprint density at radius 1 is 1.05 bits per heavy atom. The Kier molecular flexibility index (Phi) is 5.83. The minimum Gasteiger partial charge on any atom is -0.492 e. The van der Waals surface area contributed by atoms with E-state index in [0.29, 0.717) is 6.61 Å². The van der Waals surface area contributed by atoms with Crippen LogP contribution in [0.25, 0.3) is 0 Å². The molecule has 2 aromatic rings. The van der Waals surface area contributed by atoms with Gasteiger partial charge in [0.05, 0.1) is 18.8 Å². The zero-order chi connectivity index (χ0) is 15.8. The number of carbonyl (C=O) groups excluding carboxylic acids is 1. The van der Waals surface area contributed by atoms with Crippen molar-refractivity contribution in [1.82, 2.24) is 0 Å². The molecule has 1 amide bonds. The number of para-hydroxylation sites is 2. The van der Waals surface area contributed by atoms with E-state index in [4.69, 9.17) is 4.74 Å². The second-order valence-corrected chi connectivity index (χ2v) is 4.88. The number of rotatable bonds is 7. The minimum atomic E-state index is -0.0875. The van der Waals surface area contributed by atoms with E-state index in [9.17, 15) is 4.79 Å². The van der Waals surface area contributed by atoms with E-state index in [1.165, 1.54) is 5.56 Å². The Balaban J connectivity index is 1.89. The van der Waals surface area contributed by atoms with Gasteiger partial charge in [0.2, 0.25) is 5.91 Å². The lowest BCUT2D eigenvalue weighted by molar-refractivity contribution is -0.114. The SMILES string of the molecule is CCOc1ccccc1NCC(=O)Nc1ccc(CC)cc1. The molecule has 0 radical (unpaired) electrons. The van der Waals surface area contributed by atoms with Crippen molar-refractivity contribution in [2.24, 2.45) is 0 Å². The molecule has 0 heterocycles. The number of anilines is 2. The normalized spacial score (nSPS) is 10.1. The molecule has 0 spiro atoms. The molecule has 0 saturated carbocycles. The topological polar surface area (TPSA) is 50.4 Å². The van der Waals surface area contributed by atoms with E-state index in [-0.39, 0.29) is 12.5 Å². The Morgan fingerprint density at radius 3 is 2.45 bits per heavy atom. The summed E-state index contributed by atoms with van der Waals surface area (Å²) >= 11 is 0. The number of hydrogen-bond donors (Lipinski definition) is 2. The molecule has 2 N–H and O–H groups in total. The number of aryl methyl sites for hydroxylation is 1. The Bertz CT molecular complexity index is 609. The molecule has 2 rings (SSSR count). The third-order valence-electron chi connectivity index (χ3n) is 3.27. The summed E-state index contributed by atoms with van der Waals surface area (Å²) in [6, 6.07) is 15.5. The smallest absolute Gasteiger partial charge is 0.243 e. The molecule has 4 nitrogen and oxygen atoms in total. The highest BCUT2D eigenvalue weighted by molar-refractivity contribution is 5.93. The van der Waals surface area contributed by atoms with Crippen LogP contribution >= 0.6 is 0 Å². The summed E-state index contributed by atoms with van der Waals surface area (Å²) in [4.78, 5) is 12.0. The molecule has 0 aliphatic carbocycles. The summed E-state index contributed by atoms with van der Waals surface area (Å²) in [6.45, 7) is 4.82. The standard InChI is InChI=1S/C18H22N2O2/c1-3-14-9-11-15(12-10-14)20-18(21)13-19-16-7-5-6-8-17(16)22-4-2/h5-12,19H,3-4,13H2,1-2H3,(H,20,21). The number of carbonyl (C=O) groups is 1. The van der Waals surface area contributed by atoms with Gasteiger partial charge in [0.15, 0.2) is 0 Å². The second kappa shape index (κ2) is 8.08. The van der Waals surface area contributed by atoms with Gasteiger partial charge in [-0.25, -0.2) is 0 Å². The number of hydrogen-bond acceptors (Lipinski definition) is 3. The van der Waals surface area contributed by atoms with Gasteiger partial charge in [0.25, 0.3) is 0 Å². The van der Waals surface area contributed by atoms with E-state index < -0.39 is 0 Å². The highest BCUT2D eigenvalue weighted by Crippen LogP contribution is 2.23. The molecule has 0 fully saturated rings. The zero-order valence-corrected chi connectivity index (χ0v) is 13.1. The number of nitrogens with one attached hydrogen (secondary N) is 2. The van der Waals surface area contributed by atoms with Crippen LogP contribution in [0.15, 0.2) is 48.5 Å². The maximum atomic E-state index is 12.0. The van der Waals surface area contributed by atoms with Crippen LogP contribution in [-0.4, -0.2) is 19.1 Å². The van der Waals surface area contributed by atoms with Crippen molar-refractivity contribution in [1.29, 1.82) is 0 Å². The van der Waals surface area contributed by atoms with Crippen LogP contribution in [0.2, 0.25) is 0 Å². The van der Waals surface area contributed by atoms with Gasteiger partial charge >= 0.3 is 0 Å². The van der Waals surface area contributed by atoms with E-state index in [0.717, 1.165) is 23.5 Å². The fourth-order valence-corrected chi connectivity index (χ4v) is 2.10. The molecule has 116 valence electrons.